The van der Waals surface area contributed by atoms with Crippen LogP contribution < -0.4 is 5.73 Å². The van der Waals surface area contributed by atoms with E-state index in [1.807, 2.05) is 0 Å². The van der Waals surface area contributed by atoms with Crippen LogP contribution in [0.5, 0.6) is 0 Å². The van der Waals surface area contributed by atoms with E-state index in [0.29, 0.717) is 6.54 Å². The van der Waals surface area contributed by atoms with Gasteiger partial charge in [0.25, 0.3) is 5.92 Å². The van der Waals surface area contributed by atoms with Crippen LogP contribution in [0, 0.1) is 5.92 Å². The Morgan fingerprint density at radius 1 is 1.16 bits per heavy atom. The van der Waals surface area contributed by atoms with Gasteiger partial charge in [-0.05, 0) is 25.3 Å². The molecule has 2 rings (SSSR count). The van der Waals surface area contributed by atoms with Crippen molar-refractivity contribution in [3.8, 4) is 0 Å². The molecule has 0 heterocycles. The smallest absolute Gasteiger partial charge is 0.296 e. The molecule has 1 fully saturated rings. The predicted octanol–water partition coefficient (Wildman–Crippen LogP) is 3.31. The SMILES string of the molecule is NCC1CCCCC1OCC(F)(F)c1ccccc1. The Kier molecular flexibility index (Phi) is 4.88. The molecule has 0 amide bonds. The monoisotopic (exact) mass is 269 g/mol. The van der Waals surface area contributed by atoms with Gasteiger partial charge in [0.05, 0.1) is 6.10 Å². The molecular formula is C15H21F2NO. The summed E-state index contributed by atoms with van der Waals surface area (Å²) in [5.74, 6) is -2.71. The maximum Gasteiger partial charge on any atom is 0.296 e. The molecule has 0 spiro atoms. The molecule has 4 heteroatoms. The molecule has 106 valence electrons. The minimum Gasteiger partial charge on any atom is -0.371 e. The first-order valence-corrected chi connectivity index (χ1v) is 6.88. The van der Waals surface area contributed by atoms with Crippen molar-refractivity contribution in [2.45, 2.75) is 37.7 Å². The number of hydrogen-bond acceptors (Lipinski definition) is 2. The number of halogens is 2. The Morgan fingerprint density at radius 3 is 2.53 bits per heavy atom. The van der Waals surface area contributed by atoms with E-state index in [4.69, 9.17) is 10.5 Å². The maximum atomic E-state index is 14.0. The van der Waals surface area contributed by atoms with Crippen molar-refractivity contribution in [3.05, 3.63) is 35.9 Å². The average Bonchev–Trinajstić information content (AvgIpc) is 2.46. The Labute approximate surface area is 112 Å². The van der Waals surface area contributed by atoms with Crippen molar-refractivity contribution >= 4 is 0 Å². The van der Waals surface area contributed by atoms with Crippen LogP contribution in [0.1, 0.15) is 31.2 Å². The molecule has 1 aromatic rings. The van der Waals surface area contributed by atoms with E-state index in [9.17, 15) is 8.78 Å². The highest BCUT2D eigenvalue weighted by Gasteiger charge is 2.34. The average molecular weight is 269 g/mol. The van der Waals surface area contributed by atoms with Crippen LogP contribution in [0.2, 0.25) is 0 Å². The lowest BCUT2D eigenvalue weighted by atomic mass is 9.86. The van der Waals surface area contributed by atoms with Crippen LogP contribution in [-0.2, 0) is 10.7 Å². The molecule has 1 aromatic carbocycles. The van der Waals surface area contributed by atoms with E-state index >= 15 is 0 Å². The summed E-state index contributed by atoms with van der Waals surface area (Å²) >= 11 is 0. The predicted molar refractivity (Wildman–Crippen MR) is 71.1 cm³/mol. The molecule has 19 heavy (non-hydrogen) atoms. The van der Waals surface area contributed by atoms with Gasteiger partial charge in [0.1, 0.15) is 6.61 Å². The van der Waals surface area contributed by atoms with E-state index < -0.39 is 12.5 Å². The Bertz CT molecular complexity index is 383. The molecule has 0 saturated heterocycles. The minimum absolute atomic E-state index is 0.00936. The fourth-order valence-electron chi connectivity index (χ4n) is 2.64. The number of alkyl halides is 2. The van der Waals surface area contributed by atoms with Gasteiger partial charge in [0.15, 0.2) is 0 Å². The molecule has 2 atom stereocenters. The number of nitrogens with two attached hydrogens (primary N) is 1. The lowest BCUT2D eigenvalue weighted by Gasteiger charge is -2.31. The van der Waals surface area contributed by atoms with Gasteiger partial charge in [-0.3, -0.25) is 0 Å². The van der Waals surface area contributed by atoms with Crippen molar-refractivity contribution in [2.75, 3.05) is 13.2 Å². The highest BCUT2D eigenvalue weighted by molar-refractivity contribution is 5.19. The molecule has 0 radical (unpaired) electrons. The van der Waals surface area contributed by atoms with Gasteiger partial charge in [-0.25, -0.2) is 0 Å². The van der Waals surface area contributed by atoms with E-state index in [1.165, 1.54) is 12.1 Å². The maximum absolute atomic E-state index is 14.0. The second kappa shape index (κ2) is 6.44. The summed E-state index contributed by atoms with van der Waals surface area (Å²) in [4.78, 5) is 0. The third-order valence-electron chi connectivity index (χ3n) is 3.82. The molecule has 2 N–H and O–H groups in total. The zero-order chi connectivity index (χ0) is 13.7. The standard InChI is InChI=1S/C15H21F2NO/c16-15(17,13-7-2-1-3-8-13)11-19-14-9-5-4-6-12(14)10-18/h1-3,7-8,12,14H,4-6,9-11,18H2. The molecule has 0 aromatic heterocycles. The quantitative estimate of drug-likeness (QED) is 0.890. The number of rotatable bonds is 5. The third-order valence-corrected chi connectivity index (χ3v) is 3.82. The summed E-state index contributed by atoms with van der Waals surface area (Å²) < 4.78 is 33.4. The summed E-state index contributed by atoms with van der Waals surface area (Å²) in [6, 6.07) is 7.83. The number of benzene rings is 1. The number of ether oxygens (including phenoxy) is 1. The normalized spacial score (nSPS) is 24.4. The van der Waals surface area contributed by atoms with Crippen molar-refractivity contribution in [2.24, 2.45) is 11.7 Å². The second-order valence-electron chi connectivity index (χ2n) is 5.20. The van der Waals surface area contributed by atoms with Gasteiger partial charge in [-0.1, -0.05) is 43.2 Å². The fraction of sp³-hybridized carbons (Fsp3) is 0.600. The summed E-state index contributed by atoms with van der Waals surface area (Å²) in [7, 11) is 0. The van der Waals surface area contributed by atoms with Gasteiger partial charge in [0.2, 0.25) is 0 Å². The lowest BCUT2D eigenvalue weighted by molar-refractivity contribution is -0.122. The Balaban J connectivity index is 1.93. The largest absolute Gasteiger partial charge is 0.371 e. The fourth-order valence-corrected chi connectivity index (χ4v) is 2.64. The van der Waals surface area contributed by atoms with Crippen LogP contribution in [0.25, 0.3) is 0 Å². The van der Waals surface area contributed by atoms with Crippen molar-refractivity contribution in [1.82, 2.24) is 0 Å². The Hall–Kier alpha value is -1.00. The van der Waals surface area contributed by atoms with E-state index in [-0.39, 0.29) is 17.6 Å². The second-order valence-corrected chi connectivity index (χ2v) is 5.20. The van der Waals surface area contributed by atoms with Gasteiger partial charge >= 0.3 is 0 Å². The molecule has 2 unspecified atom stereocenters. The summed E-state index contributed by atoms with van der Waals surface area (Å²) in [5.41, 5.74) is 5.69. The van der Waals surface area contributed by atoms with Crippen molar-refractivity contribution in [3.63, 3.8) is 0 Å². The number of hydrogen-bond donors (Lipinski definition) is 1. The van der Waals surface area contributed by atoms with Crippen LogP contribution in [0.15, 0.2) is 30.3 Å². The zero-order valence-electron chi connectivity index (χ0n) is 11.0. The molecule has 1 saturated carbocycles. The van der Waals surface area contributed by atoms with E-state index in [0.717, 1.165) is 25.7 Å². The molecule has 1 aliphatic carbocycles. The van der Waals surface area contributed by atoms with Gasteiger partial charge in [-0.15, -0.1) is 0 Å². The van der Waals surface area contributed by atoms with Gasteiger partial charge < -0.3 is 10.5 Å². The van der Waals surface area contributed by atoms with Crippen LogP contribution in [0.4, 0.5) is 8.78 Å². The van der Waals surface area contributed by atoms with E-state index in [2.05, 4.69) is 0 Å². The molecular weight excluding hydrogens is 248 g/mol. The molecule has 2 nitrogen and oxygen atoms in total. The lowest BCUT2D eigenvalue weighted by Crippen LogP contribution is -2.36. The summed E-state index contributed by atoms with van der Waals surface area (Å²) in [5, 5.41) is 0. The Morgan fingerprint density at radius 2 is 1.84 bits per heavy atom. The van der Waals surface area contributed by atoms with Crippen molar-refractivity contribution < 1.29 is 13.5 Å². The van der Waals surface area contributed by atoms with Crippen LogP contribution >= 0.6 is 0 Å². The van der Waals surface area contributed by atoms with Gasteiger partial charge in [-0.2, -0.15) is 8.78 Å². The van der Waals surface area contributed by atoms with E-state index in [1.54, 1.807) is 18.2 Å². The van der Waals surface area contributed by atoms with Crippen molar-refractivity contribution in [1.29, 1.82) is 0 Å². The minimum atomic E-state index is -2.93. The first-order chi connectivity index (χ1) is 9.13. The van der Waals surface area contributed by atoms with Gasteiger partial charge in [0, 0.05) is 5.56 Å². The first kappa shape index (κ1) is 14.4. The highest BCUT2D eigenvalue weighted by atomic mass is 19.3. The summed E-state index contributed by atoms with van der Waals surface area (Å²) in [6.07, 6.45) is 3.87. The third kappa shape index (κ3) is 3.74. The topological polar surface area (TPSA) is 35.2 Å². The molecule has 0 bridgehead atoms. The molecule has 0 aliphatic heterocycles. The summed E-state index contributed by atoms with van der Waals surface area (Å²) in [6.45, 7) is -0.0419. The van der Waals surface area contributed by atoms with Crippen LogP contribution in [-0.4, -0.2) is 19.3 Å². The highest BCUT2D eigenvalue weighted by Crippen LogP contribution is 2.31. The van der Waals surface area contributed by atoms with Crippen LogP contribution in [0.3, 0.4) is 0 Å². The zero-order valence-corrected chi connectivity index (χ0v) is 11.0. The first-order valence-electron chi connectivity index (χ1n) is 6.88. The molecule has 1 aliphatic rings.